The molecule has 3 aromatic rings. The van der Waals surface area contributed by atoms with Crippen molar-refractivity contribution in [3.05, 3.63) is 68.9 Å². The minimum absolute atomic E-state index is 0.139. The third kappa shape index (κ3) is 4.23. The molecule has 3 heterocycles. The van der Waals surface area contributed by atoms with Crippen LogP contribution in [0.1, 0.15) is 52.7 Å². The molecule has 0 bridgehead atoms. The lowest BCUT2D eigenvalue weighted by molar-refractivity contribution is -0.122. The molecule has 2 aromatic heterocycles. The van der Waals surface area contributed by atoms with Gasteiger partial charge < -0.3 is 9.30 Å². The molecule has 188 valence electrons. The molecule has 1 aliphatic heterocycles. The average molecular weight is 515 g/mol. The zero-order valence-corrected chi connectivity index (χ0v) is 21.7. The number of anilines is 1. The largest absolute Gasteiger partial charge is 0.494 e. The molecule has 4 amide bonds. The molecule has 0 atom stereocenters. The number of ether oxygens (including phenoxy) is 1. The van der Waals surface area contributed by atoms with Crippen LogP contribution in [-0.4, -0.2) is 29.0 Å². The van der Waals surface area contributed by atoms with Crippen LogP contribution in [0.15, 0.2) is 35.9 Å². The number of nitrogens with zero attached hydrogens (tertiary/aromatic N) is 3. The highest BCUT2D eigenvalue weighted by Crippen LogP contribution is 2.38. The smallest absolute Gasteiger partial charge is 0.335 e. The number of nitrogens with one attached hydrogen (secondary N) is 1. The monoisotopic (exact) mass is 514 g/mol. The van der Waals surface area contributed by atoms with Crippen molar-refractivity contribution < 1.29 is 19.1 Å². The summed E-state index contributed by atoms with van der Waals surface area (Å²) in [4.78, 5) is 40.9. The Balaban J connectivity index is 1.53. The first-order valence-electron chi connectivity index (χ1n) is 12.2. The zero-order chi connectivity index (χ0) is 26.3. The fourth-order valence-electron chi connectivity index (χ4n) is 4.98. The van der Waals surface area contributed by atoms with Crippen LogP contribution in [0.25, 0.3) is 11.1 Å². The van der Waals surface area contributed by atoms with Gasteiger partial charge in [0.1, 0.15) is 22.4 Å². The first kappa shape index (κ1) is 24.5. The molecule has 9 heteroatoms. The number of fused-ring (bicyclic) bond motifs is 1. The lowest BCUT2D eigenvalue weighted by atomic mass is 9.96. The molecule has 0 saturated carbocycles. The van der Waals surface area contributed by atoms with E-state index in [2.05, 4.69) is 11.4 Å². The Morgan fingerprint density at radius 1 is 1.14 bits per heavy atom. The molecule has 5 rings (SSSR count). The van der Waals surface area contributed by atoms with Crippen LogP contribution in [0.4, 0.5) is 10.5 Å². The van der Waals surface area contributed by atoms with Crippen LogP contribution in [0, 0.1) is 25.2 Å². The number of benzene rings is 1. The van der Waals surface area contributed by atoms with Crippen LogP contribution in [0.5, 0.6) is 5.75 Å². The summed E-state index contributed by atoms with van der Waals surface area (Å²) < 4.78 is 7.46. The number of urea groups is 1. The molecule has 1 saturated heterocycles. The van der Waals surface area contributed by atoms with E-state index in [4.69, 9.17) is 4.74 Å². The predicted molar refractivity (Wildman–Crippen MR) is 141 cm³/mol. The molecule has 0 radical (unpaired) electrons. The Morgan fingerprint density at radius 2 is 1.86 bits per heavy atom. The van der Waals surface area contributed by atoms with E-state index in [1.54, 1.807) is 35.6 Å². The van der Waals surface area contributed by atoms with Gasteiger partial charge in [-0.25, -0.2) is 9.69 Å². The van der Waals surface area contributed by atoms with Crippen molar-refractivity contribution in [2.45, 2.75) is 46.5 Å². The number of hydrogen-bond acceptors (Lipinski definition) is 6. The number of aryl methyl sites for hydroxylation is 2. The Kier molecular flexibility index (Phi) is 6.44. The van der Waals surface area contributed by atoms with E-state index in [1.165, 1.54) is 11.0 Å². The highest BCUT2D eigenvalue weighted by Gasteiger charge is 2.37. The first-order valence-corrected chi connectivity index (χ1v) is 13.0. The fourth-order valence-corrected chi connectivity index (χ4v) is 6.43. The van der Waals surface area contributed by atoms with Crippen molar-refractivity contribution in [1.82, 2.24) is 9.88 Å². The van der Waals surface area contributed by atoms with Crippen molar-refractivity contribution in [2.75, 3.05) is 11.5 Å². The van der Waals surface area contributed by atoms with E-state index in [-0.39, 0.29) is 5.57 Å². The van der Waals surface area contributed by atoms with Gasteiger partial charge in [0.2, 0.25) is 0 Å². The van der Waals surface area contributed by atoms with Gasteiger partial charge >= 0.3 is 6.03 Å². The molecule has 1 fully saturated rings. The number of barbiturate groups is 1. The molecule has 1 N–H and O–H groups in total. The van der Waals surface area contributed by atoms with Gasteiger partial charge in [0.25, 0.3) is 11.8 Å². The summed E-state index contributed by atoms with van der Waals surface area (Å²) in [5.74, 6) is -0.833. The Labute approximate surface area is 218 Å². The molecule has 2 aliphatic rings. The number of aromatic nitrogens is 1. The maximum atomic E-state index is 13.4. The summed E-state index contributed by atoms with van der Waals surface area (Å²) in [7, 11) is 0. The minimum atomic E-state index is -0.801. The maximum Gasteiger partial charge on any atom is 0.335 e. The number of carbonyl (C=O) groups is 3. The second-order valence-corrected chi connectivity index (χ2v) is 10.1. The molecule has 1 aliphatic carbocycles. The zero-order valence-electron chi connectivity index (χ0n) is 20.9. The molecule has 1 aromatic carbocycles. The third-order valence-electron chi connectivity index (χ3n) is 6.75. The second-order valence-electron chi connectivity index (χ2n) is 9.05. The number of imide groups is 2. The van der Waals surface area contributed by atoms with Crippen molar-refractivity contribution >= 4 is 40.9 Å². The number of hydrogen-bond donors (Lipinski definition) is 1. The highest BCUT2D eigenvalue weighted by molar-refractivity contribution is 7.15. The van der Waals surface area contributed by atoms with Gasteiger partial charge in [-0.05, 0) is 94.0 Å². The first-order chi connectivity index (χ1) is 17.8. The average Bonchev–Trinajstić information content (AvgIpc) is 3.38. The fraction of sp³-hybridized carbons (Fsp3) is 0.286. The molecule has 0 unspecified atom stereocenters. The van der Waals surface area contributed by atoms with Crippen LogP contribution < -0.4 is 15.0 Å². The van der Waals surface area contributed by atoms with Crippen LogP contribution >= 0.6 is 11.3 Å². The van der Waals surface area contributed by atoms with Crippen molar-refractivity contribution in [1.29, 1.82) is 5.26 Å². The van der Waals surface area contributed by atoms with E-state index in [0.717, 1.165) is 52.5 Å². The lowest BCUT2D eigenvalue weighted by Crippen LogP contribution is -2.54. The predicted octanol–water partition coefficient (Wildman–Crippen LogP) is 4.97. The molecular weight excluding hydrogens is 488 g/mol. The van der Waals surface area contributed by atoms with E-state index in [0.29, 0.717) is 29.2 Å². The van der Waals surface area contributed by atoms with Gasteiger partial charge in [-0.1, -0.05) is 0 Å². The second kappa shape index (κ2) is 9.71. The molecule has 0 spiro atoms. The third-order valence-corrected chi connectivity index (χ3v) is 8.02. The number of nitriles is 1. The van der Waals surface area contributed by atoms with Crippen molar-refractivity contribution in [3.8, 4) is 16.8 Å². The summed E-state index contributed by atoms with van der Waals surface area (Å²) in [6.07, 6.45) is 5.62. The van der Waals surface area contributed by atoms with Gasteiger partial charge in [0.15, 0.2) is 0 Å². The van der Waals surface area contributed by atoms with Crippen LogP contribution in [0.3, 0.4) is 0 Å². The van der Waals surface area contributed by atoms with Crippen LogP contribution in [0.2, 0.25) is 0 Å². The highest BCUT2D eigenvalue weighted by atomic mass is 32.1. The molecule has 8 nitrogen and oxygen atoms in total. The van der Waals surface area contributed by atoms with E-state index < -0.39 is 17.8 Å². The van der Waals surface area contributed by atoms with Gasteiger partial charge in [-0.15, -0.1) is 11.3 Å². The Bertz CT molecular complexity index is 1500. The number of rotatable bonds is 5. The molecule has 37 heavy (non-hydrogen) atoms. The summed E-state index contributed by atoms with van der Waals surface area (Å²) in [6.45, 7) is 6.20. The van der Waals surface area contributed by atoms with Gasteiger partial charge in [0.05, 0.1) is 17.9 Å². The molecular formula is C28H26N4O4S. The SMILES string of the molecule is CCOc1ccc(N2C(=O)NC(=O)/C(=C\c3cc(C)n(-c4sc5c(c4C#N)CCCC5)c3C)C2=O)cc1. The van der Waals surface area contributed by atoms with Gasteiger partial charge in [0, 0.05) is 16.3 Å². The Morgan fingerprint density at radius 3 is 2.57 bits per heavy atom. The quantitative estimate of drug-likeness (QED) is 0.382. The van der Waals surface area contributed by atoms with Gasteiger partial charge in [-0.3, -0.25) is 14.9 Å². The summed E-state index contributed by atoms with van der Waals surface area (Å²) in [6, 6.07) is 10.0. The maximum absolute atomic E-state index is 13.4. The van der Waals surface area contributed by atoms with E-state index in [9.17, 15) is 19.6 Å². The number of amides is 4. The van der Waals surface area contributed by atoms with Gasteiger partial charge in [-0.2, -0.15) is 5.26 Å². The van der Waals surface area contributed by atoms with Crippen LogP contribution in [-0.2, 0) is 22.4 Å². The Hall–Kier alpha value is -4.16. The van der Waals surface area contributed by atoms with E-state index in [1.807, 2.05) is 31.4 Å². The summed E-state index contributed by atoms with van der Waals surface area (Å²) >= 11 is 1.64. The summed E-state index contributed by atoms with van der Waals surface area (Å²) in [5.41, 5.74) is 4.42. The topological polar surface area (TPSA) is 104 Å². The lowest BCUT2D eigenvalue weighted by Gasteiger charge is -2.26. The number of carbonyl (C=O) groups excluding carboxylic acids is 3. The minimum Gasteiger partial charge on any atom is -0.494 e. The normalized spacial score (nSPS) is 16.5. The van der Waals surface area contributed by atoms with Crippen molar-refractivity contribution in [3.63, 3.8) is 0 Å². The summed E-state index contributed by atoms with van der Waals surface area (Å²) in [5, 5.41) is 13.1. The van der Waals surface area contributed by atoms with E-state index >= 15 is 0 Å². The van der Waals surface area contributed by atoms with Crippen molar-refractivity contribution in [2.24, 2.45) is 0 Å². The number of thiophene rings is 1. The standard InChI is InChI=1S/C28H26N4O4S/c1-4-36-20-11-9-19(10-12-20)32-26(34)22(25(33)30-28(32)35)14-18-13-16(2)31(17(18)3)27-23(15-29)21-7-5-6-8-24(21)37-27/h9-14H,4-8H2,1-3H3,(H,30,33,35)/b22-14+.